The predicted octanol–water partition coefficient (Wildman–Crippen LogP) is 0.103. The summed E-state index contributed by atoms with van der Waals surface area (Å²) in [6.07, 6.45) is 0. The van der Waals surface area contributed by atoms with Crippen molar-refractivity contribution < 1.29 is 9.41 Å². The molecular weight excluding hydrogens is 130 g/mol. The van der Waals surface area contributed by atoms with Gasteiger partial charge in [-0.15, -0.1) is 0 Å². The Labute approximate surface area is 59.8 Å². The molecule has 0 radical (unpaired) electrons. The molecule has 0 atom stereocenters. The molecule has 0 aromatic heterocycles. The normalized spacial score (nSPS) is 9.50. The van der Waals surface area contributed by atoms with Crippen LogP contribution in [0.5, 0.6) is 0 Å². The van der Waals surface area contributed by atoms with E-state index in [1.165, 1.54) is 6.07 Å². The van der Waals surface area contributed by atoms with Crippen molar-refractivity contribution in [1.29, 1.82) is 0 Å². The zero-order chi connectivity index (χ0) is 7.56. The molecule has 0 heterocycles. The fourth-order valence-corrected chi connectivity index (χ4v) is 0.781. The van der Waals surface area contributed by atoms with Crippen molar-refractivity contribution in [3.63, 3.8) is 0 Å². The van der Waals surface area contributed by atoms with Gasteiger partial charge in [-0.2, -0.15) is 0 Å². The number of hydrogen-bond acceptors (Lipinski definition) is 1. The van der Waals surface area contributed by atoms with Crippen molar-refractivity contribution in [2.45, 2.75) is 6.92 Å². The van der Waals surface area contributed by atoms with Crippen LogP contribution in [0.3, 0.4) is 0 Å². The summed E-state index contributed by atoms with van der Waals surface area (Å²) in [5, 5.41) is 8.57. The quantitative estimate of drug-likeness (QED) is 0.545. The van der Waals surface area contributed by atoms with Crippen molar-refractivity contribution in [3.8, 4) is 0 Å². The molecule has 1 aromatic carbocycles. The highest BCUT2D eigenvalue weighted by atomic mass is 19.1. The monoisotopic (exact) mass is 138 g/mol. The lowest BCUT2D eigenvalue weighted by Crippen LogP contribution is -2.17. The van der Waals surface area contributed by atoms with E-state index in [2.05, 4.69) is 0 Å². The number of aryl methyl sites for hydroxylation is 1. The largest absolute Gasteiger partial charge is 0.449 e. The van der Waals surface area contributed by atoms with E-state index in [0.717, 1.165) is 5.56 Å². The minimum Gasteiger partial charge on any atom is -0.449 e. The van der Waals surface area contributed by atoms with Gasteiger partial charge in [-0.1, -0.05) is 12.1 Å². The van der Waals surface area contributed by atoms with Gasteiger partial charge in [0.2, 0.25) is 0 Å². The van der Waals surface area contributed by atoms with Crippen LogP contribution in [0.25, 0.3) is 0 Å². The van der Waals surface area contributed by atoms with Crippen molar-refractivity contribution in [2.75, 3.05) is 0 Å². The molecule has 0 aliphatic carbocycles. The van der Waals surface area contributed by atoms with Gasteiger partial charge in [0.25, 0.3) is 0 Å². The van der Waals surface area contributed by atoms with Gasteiger partial charge in [0.1, 0.15) is 5.82 Å². The molecule has 0 aliphatic rings. The summed E-state index contributed by atoms with van der Waals surface area (Å²) < 4.78 is 12.7. The lowest BCUT2D eigenvalue weighted by Gasteiger charge is -1.97. The highest BCUT2D eigenvalue weighted by Gasteiger charge is 2.00. The molecular formula is C7H8BFO. The Kier molecular flexibility index (Phi) is 2.07. The first kappa shape index (κ1) is 7.28. The molecule has 0 saturated carbocycles. The van der Waals surface area contributed by atoms with E-state index in [1.807, 2.05) is 6.92 Å². The molecule has 0 fully saturated rings. The second kappa shape index (κ2) is 2.84. The lowest BCUT2D eigenvalue weighted by atomic mass is 9.88. The molecule has 0 spiro atoms. The van der Waals surface area contributed by atoms with Crippen LogP contribution >= 0.6 is 0 Å². The van der Waals surface area contributed by atoms with Gasteiger partial charge in [-0.25, -0.2) is 4.39 Å². The van der Waals surface area contributed by atoms with Crippen LogP contribution in [0.1, 0.15) is 5.56 Å². The van der Waals surface area contributed by atoms with Gasteiger partial charge in [0, 0.05) is 0 Å². The van der Waals surface area contributed by atoms with Crippen molar-refractivity contribution >= 4 is 12.9 Å². The fraction of sp³-hybridized carbons (Fsp3) is 0.143. The third-order valence-electron chi connectivity index (χ3n) is 1.38. The SMILES string of the molecule is Cc1ccc(BO)c(F)c1. The number of benzene rings is 1. The first-order chi connectivity index (χ1) is 4.74. The lowest BCUT2D eigenvalue weighted by molar-refractivity contribution is 0.602. The van der Waals surface area contributed by atoms with Gasteiger partial charge < -0.3 is 5.02 Å². The van der Waals surface area contributed by atoms with Gasteiger partial charge in [-0.3, -0.25) is 0 Å². The first-order valence-corrected chi connectivity index (χ1v) is 3.10. The highest BCUT2D eigenvalue weighted by Crippen LogP contribution is 1.97. The molecule has 3 heteroatoms. The Morgan fingerprint density at radius 1 is 1.50 bits per heavy atom. The first-order valence-electron chi connectivity index (χ1n) is 3.10. The summed E-state index contributed by atoms with van der Waals surface area (Å²) in [7, 11) is -0.230. The molecule has 1 aromatic rings. The zero-order valence-corrected chi connectivity index (χ0v) is 5.76. The van der Waals surface area contributed by atoms with Crippen LogP contribution in [0, 0.1) is 12.7 Å². The van der Waals surface area contributed by atoms with E-state index >= 15 is 0 Å². The predicted molar refractivity (Wildman–Crippen MR) is 40.1 cm³/mol. The molecule has 0 aliphatic heterocycles. The van der Waals surface area contributed by atoms with Gasteiger partial charge >= 0.3 is 7.48 Å². The second-order valence-corrected chi connectivity index (χ2v) is 2.25. The smallest absolute Gasteiger partial charge is 0.307 e. The molecule has 0 unspecified atom stereocenters. The number of hydrogen-bond donors (Lipinski definition) is 1. The molecule has 52 valence electrons. The molecule has 1 nitrogen and oxygen atoms in total. The van der Waals surface area contributed by atoms with Crippen LogP contribution in [0.2, 0.25) is 0 Å². The van der Waals surface area contributed by atoms with E-state index in [4.69, 9.17) is 5.02 Å². The van der Waals surface area contributed by atoms with Crippen LogP contribution in [-0.4, -0.2) is 12.5 Å². The third-order valence-corrected chi connectivity index (χ3v) is 1.38. The Morgan fingerprint density at radius 3 is 2.70 bits per heavy atom. The summed E-state index contributed by atoms with van der Waals surface area (Å²) in [5.74, 6) is -0.331. The Morgan fingerprint density at radius 2 is 2.20 bits per heavy atom. The van der Waals surface area contributed by atoms with Crippen LogP contribution < -0.4 is 5.46 Å². The third kappa shape index (κ3) is 1.36. The summed E-state index contributed by atoms with van der Waals surface area (Å²) in [6, 6.07) is 4.77. The maximum absolute atomic E-state index is 12.7. The summed E-state index contributed by atoms with van der Waals surface area (Å²) in [5.41, 5.74) is 1.22. The van der Waals surface area contributed by atoms with Gasteiger partial charge in [-0.05, 0) is 24.0 Å². The average Bonchev–Trinajstić information content (AvgIpc) is 1.88. The van der Waals surface area contributed by atoms with Crippen LogP contribution in [0.15, 0.2) is 18.2 Å². The van der Waals surface area contributed by atoms with Crippen molar-refractivity contribution in [2.24, 2.45) is 0 Å². The van der Waals surface area contributed by atoms with Gasteiger partial charge in [0.05, 0.1) is 0 Å². The Bertz CT molecular complexity index is 237. The van der Waals surface area contributed by atoms with E-state index in [9.17, 15) is 4.39 Å². The van der Waals surface area contributed by atoms with Gasteiger partial charge in [0.15, 0.2) is 0 Å². The van der Waals surface area contributed by atoms with Crippen LogP contribution in [-0.2, 0) is 0 Å². The molecule has 1 N–H and O–H groups in total. The minimum absolute atomic E-state index is 0.230. The molecule has 0 amide bonds. The van der Waals surface area contributed by atoms with E-state index in [1.54, 1.807) is 12.1 Å². The summed E-state index contributed by atoms with van der Waals surface area (Å²) in [4.78, 5) is 0. The van der Waals surface area contributed by atoms with E-state index < -0.39 is 0 Å². The maximum atomic E-state index is 12.7. The molecule has 1 rings (SSSR count). The zero-order valence-electron chi connectivity index (χ0n) is 5.76. The van der Waals surface area contributed by atoms with E-state index in [-0.39, 0.29) is 13.3 Å². The minimum atomic E-state index is -0.331. The number of halogens is 1. The topological polar surface area (TPSA) is 20.2 Å². The van der Waals surface area contributed by atoms with E-state index in [0.29, 0.717) is 5.46 Å². The second-order valence-electron chi connectivity index (χ2n) is 2.25. The number of rotatable bonds is 1. The summed E-state index contributed by atoms with van der Waals surface area (Å²) >= 11 is 0. The summed E-state index contributed by atoms with van der Waals surface area (Å²) in [6.45, 7) is 1.81. The molecule has 10 heavy (non-hydrogen) atoms. The molecule has 0 bridgehead atoms. The molecule has 0 saturated heterocycles. The average molecular weight is 138 g/mol. The Balaban J connectivity index is 3.07. The fourth-order valence-electron chi connectivity index (χ4n) is 0.781. The Hall–Kier alpha value is -0.825. The van der Waals surface area contributed by atoms with Crippen molar-refractivity contribution in [3.05, 3.63) is 29.6 Å². The van der Waals surface area contributed by atoms with Crippen molar-refractivity contribution in [1.82, 2.24) is 0 Å². The standard InChI is InChI=1S/C7H8BFO/c1-5-2-3-6(8-10)7(9)4-5/h2-4,8,10H,1H3. The van der Waals surface area contributed by atoms with Crippen LogP contribution in [0.4, 0.5) is 4.39 Å². The highest BCUT2D eigenvalue weighted by molar-refractivity contribution is 6.45. The maximum Gasteiger partial charge on any atom is 0.307 e.